The Morgan fingerprint density at radius 2 is 1.77 bits per heavy atom. The average molecular weight is 467 g/mol. The molecule has 0 atom stereocenters. The summed E-state index contributed by atoms with van der Waals surface area (Å²) in [6.45, 7) is 2.42. The molecule has 3 aromatic rings. The lowest BCUT2D eigenvalue weighted by Crippen LogP contribution is -2.24. The lowest BCUT2D eigenvalue weighted by Gasteiger charge is -2.10. The standard InChI is InChI=1S/C24H23BrN2O3/c1-2-18-8-11-22(12-9-18)29-17-24(28)27-26-15-20-14-21(25)10-13-23(20)30-16-19-6-4-3-5-7-19/h3-15H,2,16-17H2,1H3,(H,27,28)/b26-15+. The fourth-order valence-electron chi connectivity index (χ4n) is 2.66. The van der Waals surface area contributed by atoms with Crippen LogP contribution in [0.15, 0.2) is 82.4 Å². The Morgan fingerprint density at radius 3 is 2.50 bits per heavy atom. The molecular weight excluding hydrogens is 444 g/mol. The van der Waals surface area contributed by atoms with Gasteiger partial charge in [-0.3, -0.25) is 4.79 Å². The van der Waals surface area contributed by atoms with E-state index in [0.29, 0.717) is 18.1 Å². The summed E-state index contributed by atoms with van der Waals surface area (Å²) >= 11 is 3.45. The minimum atomic E-state index is -0.340. The van der Waals surface area contributed by atoms with E-state index >= 15 is 0 Å². The Balaban J connectivity index is 1.54. The number of hydrogen-bond donors (Lipinski definition) is 1. The molecule has 6 heteroatoms. The molecule has 30 heavy (non-hydrogen) atoms. The van der Waals surface area contributed by atoms with Crippen LogP contribution in [0.2, 0.25) is 0 Å². The topological polar surface area (TPSA) is 59.9 Å². The normalized spacial score (nSPS) is 10.7. The number of aryl methyl sites for hydroxylation is 1. The molecule has 0 aromatic heterocycles. The molecule has 1 N–H and O–H groups in total. The summed E-state index contributed by atoms with van der Waals surface area (Å²) < 4.78 is 12.3. The van der Waals surface area contributed by atoms with Crippen LogP contribution >= 0.6 is 15.9 Å². The molecule has 0 spiro atoms. The second-order valence-electron chi connectivity index (χ2n) is 6.54. The van der Waals surface area contributed by atoms with E-state index < -0.39 is 0 Å². The Hall–Kier alpha value is -3.12. The molecule has 5 nitrogen and oxygen atoms in total. The molecule has 0 bridgehead atoms. The van der Waals surface area contributed by atoms with Crippen molar-refractivity contribution in [1.82, 2.24) is 5.43 Å². The third-order valence-corrected chi connectivity index (χ3v) is 4.80. The van der Waals surface area contributed by atoms with Crippen LogP contribution in [0.25, 0.3) is 0 Å². The highest BCUT2D eigenvalue weighted by atomic mass is 79.9. The Kier molecular flexibility index (Phi) is 8.03. The van der Waals surface area contributed by atoms with Crippen molar-refractivity contribution in [1.29, 1.82) is 0 Å². The lowest BCUT2D eigenvalue weighted by molar-refractivity contribution is -0.123. The van der Waals surface area contributed by atoms with Crippen LogP contribution < -0.4 is 14.9 Å². The summed E-state index contributed by atoms with van der Waals surface area (Å²) in [6, 6.07) is 23.2. The van der Waals surface area contributed by atoms with Crippen molar-refractivity contribution in [2.45, 2.75) is 20.0 Å². The molecule has 0 saturated carbocycles. The maximum absolute atomic E-state index is 12.0. The highest BCUT2D eigenvalue weighted by molar-refractivity contribution is 9.10. The molecule has 0 fully saturated rings. The molecule has 3 aromatic carbocycles. The van der Waals surface area contributed by atoms with Crippen LogP contribution in [-0.2, 0) is 17.8 Å². The van der Waals surface area contributed by atoms with Crippen molar-refractivity contribution in [3.63, 3.8) is 0 Å². The maximum atomic E-state index is 12.0. The van der Waals surface area contributed by atoms with E-state index in [-0.39, 0.29) is 12.5 Å². The van der Waals surface area contributed by atoms with Gasteiger partial charge in [-0.25, -0.2) is 5.43 Å². The van der Waals surface area contributed by atoms with E-state index in [4.69, 9.17) is 9.47 Å². The molecule has 0 heterocycles. The third-order valence-electron chi connectivity index (χ3n) is 4.30. The predicted molar refractivity (Wildman–Crippen MR) is 122 cm³/mol. The van der Waals surface area contributed by atoms with Gasteiger partial charge >= 0.3 is 0 Å². The number of carbonyl (C=O) groups is 1. The van der Waals surface area contributed by atoms with Gasteiger partial charge in [0.15, 0.2) is 6.61 Å². The van der Waals surface area contributed by atoms with Gasteiger partial charge in [-0.2, -0.15) is 5.10 Å². The zero-order valence-corrected chi connectivity index (χ0v) is 18.3. The SMILES string of the molecule is CCc1ccc(OCC(=O)N/N=C/c2cc(Br)ccc2OCc2ccccc2)cc1. The summed E-state index contributed by atoms with van der Waals surface area (Å²) in [7, 11) is 0. The van der Waals surface area contributed by atoms with Crippen LogP contribution in [0, 0.1) is 0 Å². The van der Waals surface area contributed by atoms with Crippen molar-refractivity contribution in [3.05, 3.63) is 94.0 Å². The number of amides is 1. The zero-order chi connectivity index (χ0) is 21.2. The van der Waals surface area contributed by atoms with E-state index in [1.807, 2.05) is 72.8 Å². The highest BCUT2D eigenvalue weighted by Crippen LogP contribution is 2.23. The van der Waals surface area contributed by atoms with Crippen molar-refractivity contribution in [2.75, 3.05) is 6.61 Å². The van der Waals surface area contributed by atoms with Gasteiger partial charge in [-0.05, 0) is 47.9 Å². The Morgan fingerprint density at radius 1 is 1.00 bits per heavy atom. The van der Waals surface area contributed by atoms with E-state index in [9.17, 15) is 4.79 Å². The minimum Gasteiger partial charge on any atom is -0.488 e. The number of carbonyl (C=O) groups excluding carboxylic acids is 1. The quantitative estimate of drug-likeness (QED) is 0.351. The van der Waals surface area contributed by atoms with Crippen LogP contribution in [0.1, 0.15) is 23.6 Å². The first-order valence-corrected chi connectivity index (χ1v) is 10.4. The first-order chi connectivity index (χ1) is 14.6. The van der Waals surface area contributed by atoms with E-state index in [1.54, 1.807) is 6.21 Å². The molecule has 0 aliphatic rings. The largest absolute Gasteiger partial charge is 0.488 e. The minimum absolute atomic E-state index is 0.112. The van der Waals surface area contributed by atoms with Gasteiger partial charge in [0.1, 0.15) is 18.1 Å². The zero-order valence-electron chi connectivity index (χ0n) is 16.7. The average Bonchev–Trinajstić information content (AvgIpc) is 2.78. The van der Waals surface area contributed by atoms with Gasteiger partial charge in [-0.1, -0.05) is 65.3 Å². The molecule has 3 rings (SSSR count). The smallest absolute Gasteiger partial charge is 0.277 e. The van der Waals surface area contributed by atoms with Crippen molar-refractivity contribution in [3.8, 4) is 11.5 Å². The molecule has 0 aliphatic carbocycles. The van der Waals surface area contributed by atoms with Crippen LogP contribution in [0.3, 0.4) is 0 Å². The molecule has 0 aliphatic heterocycles. The number of nitrogens with one attached hydrogen (secondary N) is 1. The first kappa shape index (κ1) is 21.6. The van der Waals surface area contributed by atoms with Gasteiger partial charge in [-0.15, -0.1) is 0 Å². The molecule has 0 unspecified atom stereocenters. The van der Waals surface area contributed by atoms with E-state index in [0.717, 1.165) is 22.0 Å². The number of ether oxygens (including phenoxy) is 2. The van der Waals surface area contributed by atoms with Crippen LogP contribution in [0.5, 0.6) is 11.5 Å². The van der Waals surface area contributed by atoms with Crippen molar-refractivity contribution in [2.24, 2.45) is 5.10 Å². The van der Waals surface area contributed by atoms with Crippen molar-refractivity contribution >= 4 is 28.1 Å². The van der Waals surface area contributed by atoms with Gasteiger partial charge in [0.2, 0.25) is 0 Å². The highest BCUT2D eigenvalue weighted by Gasteiger charge is 2.05. The van der Waals surface area contributed by atoms with E-state index in [1.165, 1.54) is 5.56 Å². The molecular formula is C24H23BrN2O3. The first-order valence-electron chi connectivity index (χ1n) is 9.64. The van der Waals surface area contributed by atoms with Crippen LogP contribution in [-0.4, -0.2) is 18.7 Å². The number of rotatable bonds is 9. The lowest BCUT2D eigenvalue weighted by atomic mass is 10.2. The second kappa shape index (κ2) is 11.2. The van der Waals surface area contributed by atoms with E-state index in [2.05, 4.69) is 33.4 Å². The number of hydrogen-bond acceptors (Lipinski definition) is 4. The monoisotopic (exact) mass is 466 g/mol. The second-order valence-corrected chi connectivity index (χ2v) is 7.45. The van der Waals surface area contributed by atoms with Crippen LogP contribution in [0.4, 0.5) is 0 Å². The number of nitrogens with zero attached hydrogens (tertiary/aromatic N) is 1. The summed E-state index contributed by atoms with van der Waals surface area (Å²) in [5.41, 5.74) is 5.51. The Labute approximate surface area is 184 Å². The summed E-state index contributed by atoms with van der Waals surface area (Å²) in [6.07, 6.45) is 2.52. The predicted octanol–water partition coefficient (Wildman–Crippen LogP) is 5.12. The van der Waals surface area contributed by atoms with Gasteiger partial charge in [0, 0.05) is 10.0 Å². The number of benzene rings is 3. The fraction of sp³-hybridized carbons (Fsp3) is 0.167. The summed E-state index contributed by atoms with van der Waals surface area (Å²) in [5, 5.41) is 4.03. The molecule has 0 radical (unpaired) electrons. The molecule has 154 valence electrons. The maximum Gasteiger partial charge on any atom is 0.277 e. The van der Waals surface area contributed by atoms with Gasteiger partial charge in [0.05, 0.1) is 6.21 Å². The van der Waals surface area contributed by atoms with Gasteiger partial charge in [0.25, 0.3) is 5.91 Å². The number of hydrazone groups is 1. The Bertz CT molecular complexity index is 989. The summed E-state index contributed by atoms with van der Waals surface area (Å²) in [4.78, 5) is 12.0. The summed E-state index contributed by atoms with van der Waals surface area (Å²) in [5.74, 6) is 0.981. The molecule has 1 amide bonds. The van der Waals surface area contributed by atoms with Crippen molar-refractivity contribution < 1.29 is 14.3 Å². The molecule has 0 saturated heterocycles. The fourth-order valence-corrected chi connectivity index (χ4v) is 3.04. The van der Waals surface area contributed by atoms with Gasteiger partial charge < -0.3 is 9.47 Å². The third kappa shape index (κ3) is 6.74. The number of halogens is 1.